The number of hydrogen-bond donors (Lipinski definition) is 1. The van der Waals surface area contributed by atoms with E-state index in [0.717, 1.165) is 37.3 Å². The highest BCUT2D eigenvalue weighted by molar-refractivity contribution is 7.99. The maximum absolute atomic E-state index is 12.4. The summed E-state index contributed by atoms with van der Waals surface area (Å²) < 4.78 is 14.1. The average molecular weight is 401 g/mol. The van der Waals surface area contributed by atoms with E-state index >= 15 is 0 Å². The van der Waals surface area contributed by atoms with Crippen LogP contribution in [0.5, 0.6) is 11.5 Å². The molecule has 0 radical (unpaired) electrons. The highest BCUT2D eigenvalue weighted by Gasteiger charge is 2.42. The fourth-order valence-electron chi connectivity index (χ4n) is 3.60. The molecule has 4 rings (SSSR count). The standard InChI is InChI=1S/C20H24N4O3S/c1-3-11-24-14(2)22-23-19(24)28-13-18(25)21-15-7-8-16-17(12-15)27-20(26-16)9-5-4-6-10-20/h3,7-8,12H,1,4-6,9-11,13H2,2H3,(H,21,25). The molecule has 2 aromatic rings. The Kier molecular flexibility index (Phi) is 5.30. The Morgan fingerprint density at radius 1 is 1.29 bits per heavy atom. The third kappa shape index (κ3) is 3.87. The van der Waals surface area contributed by atoms with Crippen LogP contribution in [0.3, 0.4) is 0 Å². The number of ether oxygens (including phenoxy) is 2. The third-order valence-electron chi connectivity index (χ3n) is 4.98. The fraction of sp³-hybridized carbons (Fsp3) is 0.450. The van der Waals surface area contributed by atoms with Crippen molar-refractivity contribution in [2.45, 2.75) is 56.5 Å². The van der Waals surface area contributed by atoms with Crippen molar-refractivity contribution in [3.05, 3.63) is 36.7 Å². The predicted molar refractivity (Wildman–Crippen MR) is 108 cm³/mol. The number of fused-ring (bicyclic) bond motifs is 1. The predicted octanol–water partition coefficient (Wildman–Crippen LogP) is 3.93. The van der Waals surface area contributed by atoms with Crippen LogP contribution in [0.2, 0.25) is 0 Å². The van der Waals surface area contributed by atoms with Gasteiger partial charge in [0.1, 0.15) is 5.82 Å². The van der Waals surface area contributed by atoms with Gasteiger partial charge in [0, 0.05) is 31.1 Å². The Labute approximate surface area is 168 Å². The molecule has 1 aliphatic carbocycles. The molecule has 7 nitrogen and oxygen atoms in total. The maximum atomic E-state index is 12.4. The van der Waals surface area contributed by atoms with Gasteiger partial charge in [-0.1, -0.05) is 24.3 Å². The molecular formula is C20H24N4O3S. The molecule has 28 heavy (non-hydrogen) atoms. The number of carbonyl (C=O) groups excluding carboxylic acids is 1. The number of allylic oxidation sites excluding steroid dienone is 1. The maximum Gasteiger partial charge on any atom is 0.251 e. The molecule has 2 aliphatic rings. The van der Waals surface area contributed by atoms with Gasteiger partial charge in [-0.25, -0.2) is 0 Å². The van der Waals surface area contributed by atoms with Crippen molar-refractivity contribution in [2.24, 2.45) is 0 Å². The minimum absolute atomic E-state index is 0.109. The molecule has 0 saturated heterocycles. The van der Waals surface area contributed by atoms with Gasteiger partial charge in [0.2, 0.25) is 5.91 Å². The van der Waals surface area contributed by atoms with Gasteiger partial charge in [-0.3, -0.25) is 4.79 Å². The number of rotatable bonds is 6. The van der Waals surface area contributed by atoms with Crippen LogP contribution >= 0.6 is 11.8 Å². The van der Waals surface area contributed by atoms with Crippen molar-refractivity contribution in [1.29, 1.82) is 0 Å². The van der Waals surface area contributed by atoms with E-state index in [1.165, 1.54) is 18.2 Å². The van der Waals surface area contributed by atoms with Crippen LogP contribution in [-0.4, -0.2) is 32.2 Å². The minimum atomic E-state index is -0.508. The van der Waals surface area contributed by atoms with E-state index in [4.69, 9.17) is 9.47 Å². The molecule has 8 heteroatoms. The van der Waals surface area contributed by atoms with E-state index in [1.54, 1.807) is 6.08 Å². The molecule has 1 amide bonds. The molecule has 0 unspecified atom stereocenters. The van der Waals surface area contributed by atoms with Gasteiger partial charge in [0.25, 0.3) is 5.79 Å². The van der Waals surface area contributed by atoms with Gasteiger partial charge >= 0.3 is 0 Å². The van der Waals surface area contributed by atoms with Crippen LogP contribution < -0.4 is 14.8 Å². The Bertz CT molecular complexity index is 890. The molecule has 1 aromatic heterocycles. The average Bonchev–Trinajstić information content (AvgIpc) is 3.21. The van der Waals surface area contributed by atoms with Crippen molar-refractivity contribution in [2.75, 3.05) is 11.1 Å². The number of benzene rings is 1. The van der Waals surface area contributed by atoms with E-state index < -0.39 is 5.79 Å². The molecule has 0 bridgehead atoms. The molecule has 2 heterocycles. The molecule has 1 saturated carbocycles. The van der Waals surface area contributed by atoms with E-state index in [9.17, 15) is 4.79 Å². The summed E-state index contributed by atoms with van der Waals surface area (Å²) in [6.45, 7) is 6.24. The van der Waals surface area contributed by atoms with Gasteiger partial charge < -0.3 is 19.4 Å². The molecule has 1 aromatic carbocycles. The molecular weight excluding hydrogens is 376 g/mol. The smallest absolute Gasteiger partial charge is 0.251 e. The Hall–Kier alpha value is -2.48. The lowest BCUT2D eigenvalue weighted by Crippen LogP contribution is -2.40. The first-order valence-corrected chi connectivity index (χ1v) is 10.5. The normalized spacial score (nSPS) is 16.9. The monoisotopic (exact) mass is 400 g/mol. The van der Waals surface area contributed by atoms with Crippen LogP contribution in [-0.2, 0) is 11.3 Å². The highest BCUT2D eigenvalue weighted by atomic mass is 32.2. The van der Waals surface area contributed by atoms with E-state index in [2.05, 4.69) is 22.1 Å². The minimum Gasteiger partial charge on any atom is -0.448 e. The number of carbonyl (C=O) groups is 1. The van der Waals surface area contributed by atoms with Gasteiger partial charge in [-0.2, -0.15) is 0 Å². The summed E-state index contributed by atoms with van der Waals surface area (Å²) in [7, 11) is 0. The number of nitrogens with one attached hydrogen (secondary N) is 1. The summed E-state index contributed by atoms with van der Waals surface area (Å²) >= 11 is 1.35. The summed E-state index contributed by atoms with van der Waals surface area (Å²) in [5.74, 6) is 1.88. The van der Waals surface area contributed by atoms with Crippen molar-refractivity contribution in [3.63, 3.8) is 0 Å². The number of aromatic nitrogens is 3. The zero-order chi connectivity index (χ0) is 19.6. The number of anilines is 1. The first kappa shape index (κ1) is 18.9. The summed E-state index contributed by atoms with van der Waals surface area (Å²) in [5.41, 5.74) is 0.699. The second kappa shape index (κ2) is 7.87. The second-order valence-corrected chi connectivity index (χ2v) is 8.05. The summed E-state index contributed by atoms with van der Waals surface area (Å²) in [5, 5.41) is 11.8. The quantitative estimate of drug-likeness (QED) is 0.585. The molecule has 148 valence electrons. The zero-order valence-electron chi connectivity index (χ0n) is 15.9. The SMILES string of the molecule is C=CCn1c(C)nnc1SCC(=O)Nc1ccc2c(c1)OC1(CCCCC1)O2. The van der Waals surface area contributed by atoms with Crippen molar-refractivity contribution < 1.29 is 14.3 Å². The van der Waals surface area contributed by atoms with Gasteiger partial charge in [0.05, 0.1) is 5.75 Å². The number of aryl methyl sites for hydroxylation is 1. The van der Waals surface area contributed by atoms with Crippen LogP contribution in [0.25, 0.3) is 0 Å². The van der Waals surface area contributed by atoms with Crippen molar-refractivity contribution >= 4 is 23.4 Å². The Morgan fingerprint density at radius 3 is 2.86 bits per heavy atom. The summed E-state index contributed by atoms with van der Waals surface area (Å²) in [6.07, 6.45) is 7.06. The topological polar surface area (TPSA) is 78.3 Å². The third-order valence-corrected chi connectivity index (χ3v) is 5.95. The van der Waals surface area contributed by atoms with E-state index in [-0.39, 0.29) is 11.7 Å². The highest BCUT2D eigenvalue weighted by Crippen LogP contribution is 2.46. The van der Waals surface area contributed by atoms with E-state index in [1.807, 2.05) is 29.7 Å². The lowest BCUT2D eigenvalue weighted by molar-refractivity contribution is -0.113. The number of amides is 1. The summed E-state index contributed by atoms with van der Waals surface area (Å²) in [4.78, 5) is 12.4. The zero-order valence-corrected chi connectivity index (χ0v) is 16.8. The molecule has 1 spiro atoms. The molecule has 1 N–H and O–H groups in total. The molecule has 0 atom stereocenters. The van der Waals surface area contributed by atoms with Crippen LogP contribution in [0.15, 0.2) is 36.0 Å². The first-order valence-electron chi connectivity index (χ1n) is 9.54. The van der Waals surface area contributed by atoms with Gasteiger partial charge in [-0.05, 0) is 31.9 Å². The van der Waals surface area contributed by atoms with Crippen LogP contribution in [0, 0.1) is 6.92 Å². The van der Waals surface area contributed by atoms with Crippen LogP contribution in [0.4, 0.5) is 5.69 Å². The van der Waals surface area contributed by atoms with Crippen molar-refractivity contribution in [3.8, 4) is 11.5 Å². The largest absolute Gasteiger partial charge is 0.448 e. The first-order chi connectivity index (χ1) is 13.6. The lowest BCUT2D eigenvalue weighted by Gasteiger charge is -2.31. The van der Waals surface area contributed by atoms with E-state index in [0.29, 0.717) is 23.1 Å². The van der Waals surface area contributed by atoms with Gasteiger partial charge in [0.15, 0.2) is 16.7 Å². The number of hydrogen-bond acceptors (Lipinski definition) is 6. The fourth-order valence-corrected chi connectivity index (χ4v) is 4.39. The Balaban J connectivity index is 1.36. The Morgan fingerprint density at radius 2 is 2.07 bits per heavy atom. The molecule has 1 aliphatic heterocycles. The second-order valence-electron chi connectivity index (χ2n) is 7.10. The summed E-state index contributed by atoms with van der Waals surface area (Å²) in [6, 6.07) is 5.55. The van der Waals surface area contributed by atoms with Crippen molar-refractivity contribution in [1.82, 2.24) is 14.8 Å². The lowest BCUT2D eigenvalue weighted by atomic mass is 9.94. The van der Waals surface area contributed by atoms with Crippen LogP contribution in [0.1, 0.15) is 37.9 Å². The number of thioether (sulfide) groups is 1. The van der Waals surface area contributed by atoms with Gasteiger partial charge in [-0.15, -0.1) is 16.8 Å². The number of nitrogens with zero attached hydrogens (tertiary/aromatic N) is 3. The molecule has 1 fully saturated rings.